The molecule has 0 saturated carbocycles. The molecule has 6 nitrogen and oxygen atoms in total. The van der Waals surface area contributed by atoms with E-state index < -0.39 is 0 Å². The Hall–Kier alpha value is -1.31. The van der Waals surface area contributed by atoms with Crippen molar-refractivity contribution in [1.29, 1.82) is 0 Å². The molecule has 114 valence electrons. The van der Waals surface area contributed by atoms with E-state index in [9.17, 15) is 0 Å². The van der Waals surface area contributed by atoms with Gasteiger partial charge in [0.05, 0.1) is 23.8 Å². The third-order valence-electron chi connectivity index (χ3n) is 3.63. The van der Waals surface area contributed by atoms with Crippen molar-refractivity contribution in [2.24, 2.45) is 0 Å². The second-order valence-corrected chi connectivity index (χ2v) is 6.91. The molecular formula is C14H22N6S. The molecule has 0 unspecified atom stereocenters. The van der Waals surface area contributed by atoms with E-state index in [2.05, 4.69) is 55.9 Å². The van der Waals surface area contributed by atoms with Crippen molar-refractivity contribution in [2.45, 2.75) is 39.5 Å². The van der Waals surface area contributed by atoms with Gasteiger partial charge in [-0.1, -0.05) is 0 Å². The Balaban J connectivity index is 1.72. The van der Waals surface area contributed by atoms with Gasteiger partial charge in [0.1, 0.15) is 11.6 Å². The fraction of sp³-hybridized carbons (Fsp3) is 0.643. The van der Waals surface area contributed by atoms with Crippen LogP contribution in [-0.2, 0) is 26.2 Å². The van der Waals surface area contributed by atoms with Gasteiger partial charge in [-0.25, -0.2) is 4.98 Å². The Labute approximate surface area is 129 Å². The molecule has 1 aliphatic heterocycles. The molecule has 2 aromatic heterocycles. The molecule has 0 bridgehead atoms. The molecule has 0 aliphatic carbocycles. The van der Waals surface area contributed by atoms with Crippen LogP contribution < -0.4 is 0 Å². The van der Waals surface area contributed by atoms with E-state index in [1.807, 2.05) is 0 Å². The van der Waals surface area contributed by atoms with Crippen LogP contribution in [0.15, 0.2) is 5.38 Å². The summed E-state index contributed by atoms with van der Waals surface area (Å²) in [5, 5.41) is 12.0. The molecule has 0 N–H and O–H groups in total. The number of nitrogens with zero attached hydrogens (tertiary/aromatic N) is 6. The molecule has 0 saturated heterocycles. The summed E-state index contributed by atoms with van der Waals surface area (Å²) < 4.78 is 2.28. The summed E-state index contributed by atoms with van der Waals surface area (Å²) in [5.41, 5.74) is 1.17. The Morgan fingerprint density at radius 2 is 2.14 bits per heavy atom. The van der Waals surface area contributed by atoms with Crippen LogP contribution >= 0.6 is 11.3 Å². The van der Waals surface area contributed by atoms with Gasteiger partial charge in [-0.3, -0.25) is 4.90 Å². The number of hydrogen-bond acceptors (Lipinski definition) is 6. The Morgan fingerprint density at radius 3 is 2.86 bits per heavy atom. The minimum Gasteiger partial charge on any atom is -0.313 e. The molecule has 0 atom stereocenters. The van der Waals surface area contributed by atoms with Crippen LogP contribution in [0.3, 0.4) is 0 Å². The monoisotopic (exact) mass is 306 g/mol. The molecule has 3 heterocycles. The predicted octanol–water partition coefficient (Wildman–Crippen LogP) is 1.51. The maximum atomic E-state index is 4.56. The van der Waals surface area contributed by atoms with E-state index in [1.165, 1.54) is 5.69 Å². The first-order valence-electron chi connectivity index (χ1n) is 7.31. The number of thiazole rings is 1. The van der Waals surface area contributed by atoms with Gasteiger partial charge in [0, 0.05) is 25.0 Å². The summed E-state index contributed by atoms with van der Waals surface area (Å²) in [6.45, 7) is 6.76. The highest BCUT2D eigenvalue weighted by molar-refractivity contribution is 7.09. The van der Waals surface area contributed by atoms with E-state index in [4.69, 9.17) is 0 Å². The maximum Gasteiger partial charge on any atom is 0.147 e. The van der Waals surface area contributed by atoms with Gasteiger partial charge >= 0.3 is 0 Å². The second-order valence-electron chi connectivity index (χ2n) is 5.84. The Kier molecular flexibility index (Phi) is 4.32. The second kappa shape index (κ2) is 6.21. The molecule has 0 radical (unpaired) electrons. The van der Waals surface area contributed by atoms with E-state index in [-0.39, 0.29) is 0 Å². The normalized spacial score (nSPS) is 16.2. The van der Waals surface area contributed by atoms with Crippen LogP contribution in [0.5, 0.6) is 0 Å². The van der Waals surface area contributed by atoms with Crippen LogP contribution in [0.1, 0.15) is 28.8 Å². The average Bonchev–Trinajstić information content (AvgIpc) is 2.91. The van der Waals surface area contributed by atoms with Gasteiger partial charge < -0.3 is 9.47 Å². The molecule has 2 aromatic rings. The Morgan fingerprint density at radius 1 is 1.29 bits per heavy atom. The molecule has 21 heavy (non-hydrogen) atoms. The molecule has 3 rings (SSSR count). The Bertz CT molecular complexity index is 602. The van der Waals surface area contributed by atoms with Crippen molar-refractivity contribution >= 4 is 11.3 Å². The number of rotatable bonds is 4. The highest BCUT2D eigenvalue weighted by atomic mass is 32.1. The van der Waals surface area contributed by atoms with Crippen molar-refractivity contribution in [3.8, 4) is 0 Å². The van der Waals surface area contributed by atoms with Gasteiger partial charge in [0.2, 0.25) is 0 Å². The lowest BCUT2D eigenvalue weighted by Crippen LogP contribution is -2.23. The van der Waals surface area contributed by atoms with Crippen LogP contribution in [0, 0.1) is 6.92 Å². The lowest BCUT2D eigenvalue weighted by Gasteiger charge is -2.17. The highest BCUT2D eigenvalue weighted by Crippen LogP contribution is 2.17. The summed E-state index contributed by atoms with van der Waals surface area (Å²) in [6.07, 6.45) is 1.13. The SMILES string of the molecule is Cc1nc(CN2CCCn3c(CN(C)C)nnc3C2)cs1. The minimum atomic E-state index is 0.846. The summed E-state index contributed by atoms with van der Waals surface area (Å²) in [7, 11) is 4.13. The van der Waals surface area contributed by atoms with Crippen LogP contribution in [-0.4, -0.2) is 50.2 Å². The van der Waals surface area contributed by atoms with Crippen molar-refractivity contribution in [1.82, 2.24) is 29.5 Å². The van der Waals surface area contributed by atoms with Gasteiger partial charge in [0.25, 0.3) is 0 Å². The fourth-order valence-electron chi connectivity index (χ4n) is 2.72. The predicted molar refractivity (Wildman–Crippen MR) is 83.0 cm³/mol. The van der Waals surface area contributed by atoms with E-state index in [0.29, 0.717) is 0 Å². The number of hydrogen-bond donors (Lipinski definition) is 0. The first-order chi connectivity index (χ1) is 10.1. The smallest absolute Gasteiger partial charge is 0.147 e. The van der Waals surface area contributed by atoms with Crippen LogP contribution in [0.2, 0.25) is 0 Å². The zero-order valence-corrected chi connectivity index (χ0v) is 13.7. The van der Waals surface area contributed by atoms with Gasteiger partial charge in [-0.05, 0) is 27.4 Å². The highest BCUT2D eigenvalue weighted by Gasteiger charge is 2.20. The van der Waals surface area contributed by atoms with Crippen molar-refractivity contribution in [3.63, 3.8) is 0 Å². The molecule has 7 heteroatoms. The third-order valence-corrected chi connectivity index (χ3v) is 4.46. The molecule has 0 aromatic carbocycles. The zero-order valence-electron chi connectivity index (χ0n) is 12.9. The number of aromatic nitrogens is 4. The first-order valence-corrected chi connectivity index (χ1v) is 8.19. The maximum absolute atomic E-state index is 4.56. The first kappa shape index (κ1) is 14.6. The average molecular weight is 306 g/mol. The molecule has 0 fully saturated rings. The van der Waals surface area contributed by atoms with E-state index in [1.54, 1.807) is 11.3 Å². The van der Waals surface area contributed by atoms with Crippen LogP contribution in [0.25, 0.3) is 0 Å². The summed E-state index contributed by atoms with van der Waals surface area (Å²) in [5.74, 6) is 2.15. The third kappa shape index (κ3) is 3.48. The summed E-state index contributed by atoms with van der Waals surface area (Å²) in [6, 6.07) is 0. The van der Waals surface area contributed by atoms with Crippen molar-refractivity contribution < 1.29 is 0 Å². The minimum absolute atomic E-state index is 0.846. The van der Waals surface area contributed by atoms with Gasteiger partial charge in [0.15, 0.2) is 0 Å². The number of aryl methyl sites for hydroxylation is 1. The molecular weight excluding hydrogens is 284 g/mol. The van der Waals surface area contributed by atoms with Gasteiger partial charge in [-0.2, -0.15) is 0 Å². The number of fused-ring (bicyclic) bond motifs is 1. The van der Waals surface area contributed by atoms with Crippen molar-refractivity contribution in [2.75, 3.05) is 20.6 Å². The zero-order chi connectivity index (χ0) is 14.8. The lowest BCUT2D eigenvalue weighted by atomic mass is 10.3. The van der Waals surface area contributed by atoms with E-state index >= 15 is 0 Å². The van der Waals surface area contributed by atoms with Crippen molar-refractivity contribution in [3.05, 3.63) is 27.7 Å². The quantitative estimate of drug-likeness (QED) is 0.857. The summed E-state index contributed by atoms with van der Waals surface area (Å²) >= 11 is 1.72. The fourth-order valence-corrected chi connectivity index (χ4v) is 3.33. The topological polar surface area (TPSA) is 50.1 Å². The standard InChI is InChI=1S/C14H22N6S/c1-11-15-12(10-21-11)7-19-5-4-6-20-13(8-18(2)3)16-17-14(20)9-19/h10H,4-9H2,1-3H3. The molecule has 0 spiro atoms. The van der Waals surface area contributed by atoms with E-state index in [0.717, 1.165) is 55.8 Å². The molecule has 1 aliphatic rings. The van der Waals surface area contributed by atoms with Crippen LogP contribution in [0.4, 0.5) is 0 Å². The van der Waals surface area contributed by atoms with Gasteiger partial charge in [-0.15, -0.1) is 21.5 Å². The largest absolute Gasteiger partial charge is 0.313 e. The molecule has 0 amide bonds. The lowest BCUT2D eigenvalue weighted by molar-refractivity contribution is 0.255. The summed E-state index contributed by atoms with van der Waals surface area (Å²) in [4.78, 5) is 9.12.